The maximum Gasteiger partial charge on any atom is 0.311 e. The Morgan fingerprint density at radius 3 is 2.55 bits per heavy atom. The van der Waals surface area contributed by atoms with Gasteiger partial charge in [-0.2, -0.15) is 0 Å². The second kappa shape index (κ2) is 5.03. The van der Waals surface area contributed by atoms with Gasteiger partial charge in [-0.25, -0.2) is 0 Å². The number of likely N-dealkylation sites (tertiary alicyclic amines) is 1. The molecule has 0 aliphatic carbocycles. The first-order chi connectivity index (χ1) is 9.33. The summed E-state index contributed by atoms with van der Waals surface area (Å²) in [5.41, 5.74) is -0.706. The van der Waals surface area contributed by atoms with Crippen molar-refractivity contribution >= 4 is 11.9 Å². The van der Waals surface area contributed by atoms with Crippen LogP contribution in [0.4, 0.5) is 0 Å². The number of carbonyl (C=O) groups excluding carboxylic acids is 1. The van der Waals surface area contributed by atoms with Crippen molar-refractivity contribution in [2.45, 2.75) is 19.8 Å². The third-order valence-corrected chi connectivity index (χ3v) is 3.72. The van der Waals surface area contributed by atoms with Gasteiger partial charge in [0, 0.05) is 18.7 Å². The Hall–Kier alpha value is -2.24. The van der Waals surface area contributed by atoms with Crippen LogP contribution < -0.4 is 0 Å². The first-order valence-electron chi connectivity index (χ1n) is 6.38. The third kappa shape index (κ3) is 2.54. The number of carbonyl (C=O) groups is 2. The van der Waals surface area contributed by atoms with Crippen molar-refractivity contribution in [3.05, 3.63) is 23.8 Å². The van der Waals surface area contributed by atoms with Crippen molar-refractivity contribution < 1.29 is 24.9 Å². The molecule has 1 heterocycles. The summed E-state index contributed by atoms with van der Waals surface area (Å²) in [5, 5.41) is 27.9. The zero-order valence-corrected chi connectivity index (χ0v) is 11.2. The molecule has 1 saturated heterocycles. The van der Waals surface area contributed by atoms with Crippen molar-refractivity contribution in [2.75, 3.05) is 13.1 Å². The molecule has 2 rings (SSSR count). The Bertz CT molecular complexity index is 556. The number of piperidine rings is 1. The minimum absolute atomic E-state index is 0.142. The number of aliphatic carboxylic acids is 1. The fourth-order valence-electron chi connectivity index (χ4n) is 2.43. The van der Waals surface area contributed by atoms with Crippen LogP contribution in [0.1, 0.15) is 30.1 Å². The largest absolute Gasteiger partial charge is 0.504 e. The van der Waals surface area contributed by atoms with E-state index in [0.717, 1.165) is 0 Å². The van der Waals surface area contributed by atoms with E-state index in [2.05, 4.69) is 0 Å². The van der Waals surface area contributed by atoms with Gasteiger partial charge in [0.1, 0.15) is 0 Å². The van der Waals surface area contributed by atoms with E-state index in [0.29, 0.717) is 19.4 Å². The van der Waals surface area contributed by atoms with Crippen LogP contribution in [0.2, 0.25) is 0 Å². The van der Waals surface area contributed by atoms with Crippen molar-refractivity contribution in [2.24, 2.45) is 5.41 Å². The number of nitrogens with zero attached hydrogens (tertiary/aromatic N) is 1. The van der Waals surface area contributed by atoms with Gasteiger partial charge in [0.05, 0.1) is 5.41 Å². The van der Waals surface area contributed by atoms with Gasteiger partial charge in [-0.3, -0.25) is 9.59 Å². The summed E-state index contributed by atoms with van der Waals surface area (Å²) in [4.78, 5) is 25.1. The summed E-state index contributed by atoms with van der Waals surface area (Å²) in [5.74, 6) is -1.92. The Morgan fingerprint density at radius 2 is 1.95 bits per heavy atom. The summed E-state index contributed by atoms with van der Waals surface area (Å²) >= 11 is 0. The minimum atomic E-state index is -0.938. The third-order valence-electron chi connectivity index (χ3n) is 3.72. The monoisotopic (exact) mass is 279 g/mol. The normalized spacial score (nSPS) is 22.6. The topological polar surface area (TPSA) is 98.1 Å². The highest BCUT2D eigenvalue weighted by atomic mass is 16.4. The zero-order valence-electron chi connectivity index (χ0n) is 11.2. The summed E-state index contributed by atoms with van der Waals surface area (Å²) in [6, 6.07) is 3.83. The lowest BCUT2D eigenvalue weighted by molar-refractivity contribution is -0.150. The average molecular weight is 279 g/mol. The van der Waals surface area contributed by atoms with Crippen LogP contribution >= 0.6 is 0 Å². The Labute approximate surface area is 116 Å². The molecule has 20 heavy (non-hydrogen) atoms. The van der Waals surface area contributed by atoms with Gasteiger partial charge in [-0.1, -0.05) is 0 Å². The molecule has 1 fully saturated rings. The van der Waals surface area contributed by atoms with Crippen LogP contribution in [-0.4, -0.2) is 45.2 Å². The Kier molecular flexibility index (Phi) is 3.57. The molecule has 1 aromatic carbocycles. The molecule has 1 atom stereocenters. The predicted octanol–water partition coefficient (Wildman–Crippen LogP) is 1.42. The van der Waals surface area contributed by atoms with Gasteiger partial charge in [0.15, 0.2) is 11.5 Å². The van der Waals surface area contributed by atoms with Gasteiger partial charge >= 0.3 is 5.97 Å². The van der Waals surface area contributed by atoms with Crippen LogP contribution in [0.15, 0.2) is 18.2 Å². The average Bonchev–Trinajstić information content (AvgIpc) is 2.41. The molecule has 6 heteroatoms. The van der Waals surface area contributed by atoms with E-state index in [1.54, 1.807) is 6.92 Å². The maximum atomic E-state index is 12.3. The second-order valence-electron chi connectivity index (χ2n) is 5.40. The fourth-order valence-corrected chi connectivity index (χ4v) is 2.43. The van der Waals surface area contributed by atoms with E-state index >= 15 is 0 Å². The van der Waals surface area contributed by atoms with Gasteiger partial charge < -0.3 is 20.2 Å². The molecule has 0 spiro atoms. The van der Waals surface area contributed by atoms with E-state index in [1.165, 1.54) is 23.1 Å². The Balaban J connectivity index is 2.20. The van der Waals surface area contributed by atoms with Gasteiger partial charge in [-0.05, 0) is 38.0 Å². The van der Waals surface area contributed by atoms with E-state index in [1.807, 2.05) is 0 Å². The molecule has 0 saturated carbocycles. The SMILES string of the molecule is CC1(C(=O)O)CCCN(C(=O)c2ccc(O)c(O)c2)C1. The summed E-state index contributed by atoms with van der Waals surface area (Å²) < 4.78 is 0. The number of benzene rings is 1. The molecular weight excluding hydrogens is 262 g/mol. The highest BCUT2D eigenvalue weighted by Gasteiger charge is 2.39. The lowest BCUT2D eigenvalue weighted by Gasteiger charge is -2.37. The molecule has 1 aliphatic heterocycles. The fraction of sp³-hybridized carbons (Fsp3) is 0.429. The zero-order chi connectivity index (χ0) is 14.9. The highest BCUT2D eigenvalue weighted by Crippen LogP contribution is 2.31. The first-order valence-corrected chi connectivity index (χ1v) is 6.38. The maximum absolute atomic E-state index is 12.3. The van der Waals surface area contributed by atoms with E-state index in [4.69, 9.17) is 0 Å². The Morgan fingerprint density at radius 1 is 1.25 bits per heavy atom. The standard InChI is InChI=1S/C14H17NO5/c1-14(13(19)20)5-2-6-15(8-14)12(18)9-3-4-10(16)11(17)7-9/h3-4,7,16-17H,2,5-6,8H2,1H3,(H,19,20). The van der Waals surface area contributed by atoms with Crippen molar-refractivity contribution in [3.63, 3.8) is 0 Å². The molecule has 0 bridgehead atoms. The highest BCUT2D eigenvalue weighted by molar-refractivity contribution is 5.95. The number of rotatable bonds is 2. The number of phenolic OH excluding ortho intramolecular Hbond substituents is 2. The van der Waals surface area contributed by atoms with Crippen LogP contribution in [-0.2, 0) is 4.79 Å². The molecule has 0 radical (unpaired) electrons. The lowest BCUT2D eigenvalue weighted by atomic mass is 9.82. The number of carboxylic acids is 1. The number of aromatic hydroxyl groups is 2. The summed E-state index contributed by atoms with van der Waals surface area (Å²) in [6.07, 6.45) is 1.16. The number of hydrogen-bond donors (Lipinski definition) is 3. The molecule has 1 aliphatic rings. The van der Waals surface area contributed by atoms with Crippen molar-refractivity contribution in [1.29, 1.82) is 0 Å². The molecule has 3 N–H and O–H groups in total. The van der Waals surface area contributed by atoms with E-state index in [9.17, 15) is 24.9 Å². The summed E-state index contributed by atoms with van der Waals surface area (Å²) in [7, 11) is 0. The number of hydrogen-bond acceptors (Lipinski definition) is 4. The lowest BCUT2D eigenvalue weighted by Crippen LogP contribution is -2.48. The first kappa shape index (κ1) is 14.2. The minimum Gasteiger partial charge on any atom is -0.504 e. The van der Waals surface area contributed by atoms with Gasteiger partial charge in [0.25, 0.3) is 5.91 Å². The quantitative estimate of drug-likeness (QED) is 0.711. The molecule has 108 valence electrons. The molecular formula is C14H17NO5. The molecule has 1 amide bonds. The molecule has 1 unspecified atom stereocenters. The van der Waals surface area contributed by atoms with Crippen LogP contribution in [0.3, 0.4) is 0 Å². The second-order valence-corrected chi connectivity index (χ2v) is 5.40. The molecule has 0 aromatic heterocycles. The smallest absolute Gasteiger partial charge is 0.311 e. The van der Waals surface area contributed by atoms with E-state index < -0.39 is 11.4 Å². The molecule has 6 nitrogen and oxygen atoms in total. The summed E-state index contributed by atoms with van der Waals surface area (Å²) in [6.45, 7) is 2.26. The van der Waals surface area contributed by atoms with Crippen LogP contribution in [0, 0.1) is 5.41 Å². The van der Waals surface area contributed by atoms with E-state index in [-0.39, 0.29) is 29.5 Å². The van der Waals surface area contributed by atoms with Gasteiger partial charge in [0.2, 0.25) is 0 Å². The van der Waals surface area contributed by atoms with Crippen molar-refractivity contribution in [3.8, 4) is 11.5 Å². The molecule has 1 aromatic rings. The van der Waals surface area contributed by atoms with Crippen LogP contribution in [0.5, 0.6) is 11.5 Å². The predicted molar refractivity (Wildman–Crippen MR) is 70.7 cm³/mol. The number of amides is 1. The van der Waals surface area contributed by atoms with Crippen LogP contribution in [0.25, 0.3) is 0 Å². The van der Waals surface area contributed by atoms with Gasteiger partial charge in [-0.15, -0.1) is 0 Å². The number of carboxylic acid groups (broad SMARTS) is 1. The number of phenols is 2. The van der Waals surface area contributed by atoms with Crippen molar-refractivity contribution in [1.82, 2.24) is 4.90 Å².